The van der Waals surface area contributed by atoms with E-state index in [4.69, 9.17) is 0 Å². The van der Waals surface area contributed by atoms with Crippen LogP contribution in [0.5, 0.6) is 0 Å². The van der Waals surface area contributed by atoms with Crippen molar-refractivity contribution in [1.29, 1.82) is 0 Å². The number of nitrogens with one attached hydrogen (secondary N) is 3. The Labute approximate surface area is 87.4 Å². The van der Waals surface area contributed by atoms with Crippen molar-refractivity contribution in [3.63, 3.8) is 0 Å². The number of hydrazine groups is 2. The van der Waals surface area contributed by atoms with E-state index in [2.05, 4.69) is 45.8 Å². The number of para-hydroxylation sites is 1. The molecule has 3 rings (SSSR count). The minimum absolute atomic E-state index is 0.0821. The molecule has 0 bridgehead atoms. The summed E-state index contributed by atoms with van der Waals surface area (Å²) in [7, 11) is 0. The monoisotopic (exact) mass is 201 g/mol. The molecule has 1 aromatic rings. The lowest BCUT2D eigenvalue weighted by Crippen LogP contribution is -2.47. The van der Waals surface area contributed by atoms with Gasteiger partial charge in [-0.15, -0.1) is 5.53 Å². The second-order valence-corrected chi connectivity index (χ2v) is 3.41. The molecule has 0 amide bonds. The molecule has 0 aliphatic carbocycles. The Kier molecular flexibility index (Phi) is 1.82. The van der Waals surface area contributed by atoms with Crippen molar-refractivity contribution < 1.29 is 0 Å². The van der Waals surface area contributed by atoms with Gasteiger partial charge in [0.15, 0.2) is 0 Å². The van der Waals surface area contributed by atoms with Crippen molar-refractivity contribution in [3.05, 3.63) is 35.9 Å². The van der Waals surface area contributed by atoms with Crippen LogP contribution >= 0.6 is 0 Å². The third kappa shape index (κ3) is 1.42. The first-order chi connectivity index (χ1) is 7.43. The summed E-state index contributed by atoms with van der Waals surface area (Å²) in [4.78, 5) is 0. The zero-order valence-electron chi connectivity index (χ0n) is 8.01. The second kappa shape index (κ2) is 3.29. The third-order valence-electron chi connectivity index (χ3n) is 2.45. The smallest absolute Gasteiger partial charge is 0.136 e. The number of hydrogen-bond donors (Lipinski definition) is 3. The molecule has 0 spiro atoms. The first kappa shape index (κ1) is 8.31. The Morgan fingerprint density at radius 1 is 1.27 bits per heavy atom. The molecular formula is C10H11N5. The molecule has 5 nitrogen and oxygen atoms in total. The zero-order valence-corrected chi connectivity index (χ0v) is 8.01. The number of nitrogens with zero attached hydrogens (tertiary/aromatic N) is 2. The number of fused-ring (bicyclic) bond motifs is 1. The van der Waals surface area contributed by atoms with E-state index < -0.39 is 0 Å². The molecule has 5 heteroatoms. The average molecular weight is 201 g/mol. The third-order valence-corrected chi connectivity index (χ3v) is 2.45. The maximum Gasteiger partial charge on any atom is 0.136 e. The zero-order chi connectivity index (χ0) is 10.1. The molecule has 1 aromatic carbocycles. The van der Waals surface area contributed by atoms with Crippen molar-refractivity contribution >= 4 is 18.1 Å². The molecule has 3 N–H and O–H groups in total. The molecule has 2 aliphatic rings. The Morgan fingerprint density at radius 2 is 2.20 bits per heavy atom. The molecule has 15 heavy (non-hydrogen) atoms. The highest BCUT2D eigenvalue weighted by molar-refractivity contribution is 5.71. The van der Waals surface area contributed by atoms with Gasteiger partial charge in [-0.1, -0.05) is 24.3 Å². The van der Waals surface area contributed by atoms with Crippen LogP contribution in [0.25, 0.3) is 6.08 Å². The van der Waals surface area contributed by atoms with E-state index in [-0.39, 0.29) is 6.17 Å². The number of hydrogen-bond acceptors (Lipinski definition) is 5. The summed E-state index contributed by atoms with van der Waals surface area (Å²) in [5.74, 6) is 0. The molecule has 76 valence electrons. The largest absolute Gasteiger partial charge is 0.360 e. The Hall–Kier alpha value is -2.01. The van der Waals surface area contributed by atoms with E-state index in [1.54, 1.807) is 6.34 Å². The van der Waals surface area contributed by atoms with Crippen LogP contribution in [0.1, 0.15) is 5.56 Å². The predicted octanol–water partition coefficient (Wildman–Crippen LogP) is 0.719. The summed E-state index contributed by atoms with van der Waals surface area (Å²) in [6.45, 7) is 0. The van der Waals surface area contributed by atoms with Crippen LogP contribution in [0.4, 0.5) is 5.69 Å². The maximum atomic E-state index is 3.86. The van der Waals surface area contributed by atoms with Gasteiger partial charge in [-0.05, 0) is 17.7 Å². The lowest BCUT2D eigenvalue weighted by atomic mass is 10.1. The van der Waals surface area contributed by atoms with Crippen LogP contribution in [-0.4, -0.2) is 17.5 Å². The molecule has 0 saturated carbocycles. The van der Waals surface area contributed by atoms with Gasteiger partial charge in [0.1, 0.15) is 12.5 Å². The van der Waals surface area contributed by atoms with Crippen molar-refractivity contribution in [2.24, 2.45) is 5.10 Å². The number of benzene rings is 1. The summed E-state index contributed by atoms with van der Waals surface area (Å²) in [6, 6.07) is 8.19. The van der Waals surface area contributed by atoms with Gasteiger partial charge >= 0.3 is 0 Å². The van der Waals surface area contributed by atoms with Gasteiger partial charge in [0.05, 0.1) is 0 Å². The topological polar surface area (TPSA) is 51.7 Å². The van der Waals surface area contributed by atoms with Gasteiger partial charge in [0.25, 0.3) is 0 Å². The summed E-state index contributed by atoms with van der Waals surface area (Å²) in [6.07, 6.45) is 5.97. The second-order valence-electron chi connectivity index (χ2n) is 3.41. The van der Waals surface area contributed by atoms with E-state index in [0.29, 0.717) is 0 Å². The normalized spacial score (nSPS) is 22.1. The number of hydrazone groups is 1. The lowest BCUT2D eigenvalue weighted by molar-refractivity contribution is 0.276. The van der Waals surface area contributed by atoms with Crippen LogP contribution in [0.3, 0.4) is 0 Å². The van der Waals surface area contributed by atoms with Gasteiger partial charge in [-0.2, -0.15) is 5.10 Å². The Bertz CT molecular complexity index is 426. The highest BCUT2D eigenvalue weighted by Gasteiger charge is 2.18. The summed E-state index contributed by atoms with van der Waals surface area (Å²) in [5, 5.41) is 9.10. The summed E-state index contributed by atoms with van der Waals surface area (Å²) >= 11 is 0. The molecule has 2 aliphatic heterocycles. The minimum atomic E-state index is 0.0821. The fourth-order valence-corrected chi connectivity index (χ4v) is 1.69. The molecule has 0 radical (unpaired) electrons. The Morgan fingerprint density at radius 3 is 3.07 bits per heavy atom. The van der Waals surface area contributed by atoms with E-state index in [9.17, 15) is 0 Å². The van der Waals surface area contributed by atoms with Gasteiger partial charge in [0.2, 0.25) is 0 Å². The van der Waals surface area contributed by atoms with Crippen LogP contribution in [0.15, 0.2) is 35.4 Å². The predicted molar refractivity (Wildman–Crippen MR) is 59.5 cm³/mol. The van der Waals surface area contributed by atoms with Crippen molar-refractivity contribution in [1.82, 2.24) is 16.1 Å². The molecule has 0 fully saturated rings. The molecule has 0 saturated heterocycles. The maximum absolute atomic E-state index is 3.86. The van der Waals surface area contributed by atoms with Crippen molar-refractivity contribution in [3.8, 4) is 0 Å². The fourth-order valence-electron chi connectivity index (χ4n) is 1.69. The summed E-state index contributed by atoms with van der Waals surface area (Å²) in [5.41, 5.74) is 7.91. The van der Waals surface area contributed by atoms with Crippen molar-refractivity contribution in [2.45, 2.75) is 6.17 Å². The van der Waals surface area contributed by atoms with Crippen LogP contribution in [0, 0.1) is 0 Å². The quantitative estimate of drug-likeness (QED) is 0.626. The van der Waals surface area contributed by atoms with E-state index in [1.165, 1.54) is 5.56 Å². The minimum Gasteiger partial charge on any atom is -0.360 e. The van der Waals surface area contributed by atoms with E-state index in [1.807, 2.05) is 17.1 Å². The van der Waals surface area contributed by atoms with Crippen LogP contribution < -0.4 is 16.4 Å². The SMILES string of the molecule is C1=CC(N2C=NNN2)Nc2ccccc21. The van der Waals surface area contributed by atoms with Crippen LogP contribution in [-0.2, 0) is 0 Å². The number of anilines is 1. The highest BCUT2D eigenvalue weighted by atomic mass is 15.8. The Balaban J connectivity index is 1.85. The number of rotatable bonds is 1. The highest BCUT2D eigenvalue weighted by Crippen LogP contribution is 2.22. The van der Waals surface area contributed by atoms with E-state index >= 15 is 0 Å². The van der Waals surface area contributed by atoms with Crippen molar-refractivity contribution in [2.75, 3.05) is 5.32 Å². The van der Waals surface area contributed by atoms with E-state index in [0.717, 1.165) is 5.69 Å². The molecular weight excluding hydrogens is 190 g/mol. The molecule has 0 aromatic heterocycles. The summed E-state index contributed by atoms with van der Waals surface area (Å²) < 4.78 is 0. The van der Waals surface area contributed by atoms with Gasteiger partial charge in [-0.3, -0.25) is 5.01 Å². The van der Waals surface area contributed by atoms with Crippen LogP contribution in [0.2, 0.25) is 0 Å². The molecule has 1 unspecified atom stereocenters. The lowest BCUT2D eigenvalue weighted by Gasteiger charge is -2.28. The standard InChI is InChI=1S/C10H11N5/c1-2-4-9-8(3-1)5-6-10(12-9)15-7-11-13-14-15/h1-7,10,12-14H. The van der Waals surface area contributed by atoms with Gasteiger partial charge < -0.3 is 5.32 Å². The molecule has 2 heterocycles. The first-order valence-electron chi connectivity index (χ1n) is 4.79. The van der Waals surface area contributed by atoms with Gasteiger partial charge in [-0.25, -0.2) is 5.53 Å². The fraction of sp³-hybridized carbons (Fsp3) is 0.100. The average Bonchev–Trinajstić information content (AvgIpc) is 2.82. The van der Waals surface area contributed by atoms with Gasteiger partial charge in [0, 0.05) is 5.69 Å². The molecule has 1 atom stereocenters. The first-order valence-corrected chi connectivity index (χ1v) is 4.79.